The van der Waals surface area contributed by atoms with E-state index in [1.54, 1.807) is 31.0 Å². The predicted octanol–water partition coefficient (Wildman–Crippen LogP) is 0.638. The van der Waals surface area contributed by atoms with Crippen molar-refractivity contribution in [2.75, 3.05) is 6.54 Å². The second-order valence-corrected chi connectivity index (χ2v) is 5.71. The number of hydrogen-bond donors (Lipinski definition) is 2. The smallest absolute Gasteiger partial charge is 0.273 e. The van der Waals surface area contributed by atoms with Crippen LogP contribution in [0, 0.1) is 0 Å². The molecular formula is C16H18N6O2. The Hall–Kier alpha value is -3.00. The average molecular weight is 326 g/mol. The standard InChI is InChI=1S/C16H18N6O2/c1-16(24,12-8-18-21(2)10-12)11-17-15(23)14-9-19-22(20-14)13-6-4-3-5-7-13/h3-10,24H,11H2,1-2H3,(H,17,23). The molecule has 0 saturated carbocycles. The van der Waals surface area contributed by atoms with Gasteiger partial charge >= 0.3 is 0 Å². The highest BCUT2D eigenvalue weighted by molar-refractivity contribution is 5.91. The second-order valence-electron chi connectivity index (χ2n) is 5.71. The molecule has 0 fully saturated rings. The Labute approximate surface area is 138 Å². The third kappa shape index (κ3) is 3.33. The fraction of sp³-hybridized carbons (Fsp3) is 0.250. The normalized spacial score (nSPS) is 13.5. The highest BCUT2D eigenvalue weighted by atomic mass is 16.3. The van der Waals surface area contributed by atoms with E-state index in [0.717, 1.165) is 5.69 Å². The third-order valence-electron chi connectivity index (χ3n) is 3.63. The molecule has 1 unspecified atom stereocenters. The maximum atomic E-state index is 12.2. The Balaban J connectivity index is 1.66. The molecule has 0 saturated heterocycles. The van der Waals surface area contributed by atoms with Crippen molar-refractivity contribution < 1.29 is 9.90 Å². The van der Waals surface area contributed by atoms with E-state index in [9.17, 15) is 9.90 Å². The van der Waals surface area contributed by atoms with Crippen LogP contribution in [-0.4, -0.2) is 42.3 Å². The summed E-state index contributed by atoms with van der Waals surface area (Å²) >= 11 is 0. The summed E-state index contributed by atoms with van der Waals surface area (Å²) in [5, 5.41) is 25.4. The monoisotopic (exact) mass is 326 g/mol. The van der Waals surface area contributed by atoms with Crippen LogP contribution in [0.5, 0.6) is 0 Å². The summed E-state index contributed by atoms with van der Waals surface area (Å²) in [5.74, 6) is -0.402. The number of para-hydroxylation sites is 1. The molecule has 0 aliphatic carbocycles. The van der Waals surface area contributed by atoms with Gasteiger partial charge in [-0.25, -0.2) is 0 Å². The molecule has 24 heavy (non-hydrogen) atoms. The van der Waals surface area contributed by atoms with Crippen LogP contribution in [-0.2, 0) is 12.6 Å². The summed E-state index contributed by atoms with van der Waals surface area (Å²) in [6.45, 7) is 1.65. The Kier molecular flexibility index (Phi) is 4.13. The van der Waals surface area contributed by atoms with Crippen LogP contribution in [0.1, 0.15) is 23.0 Å². The van der Waals surface area contributed by atoms with Gasteiger partial charge in [-0.2, -0.15) is 15.0 Å². The van der Waals surface area contributed by atoms with E-state index in [2.05, 4.69) is 20.6 Å². The zero-order chi connectivity index (χ0) is 17.2. The van der Waals surface area contributed by atoms with Crippen LogP contribution in [0.15, 0.2) is 48.9 Å². The minimum absolute atomic E-state index is 0.0374. The summed E-state index contributed by atoms with van der Waals surface area (Å²) < 4.78 is 1.59. The fourth-order valence-electron chi connectivity index (χ4n) is 2.20. The largest absolute Gasteiger partial charge is 0.383 e. The molecule has 0 aliphatic heterocycles. The zero-order valence-electron chi connectivity index (χ0n) is 13.4. The van der Waals surface area contributed by atoms with Crippen molar-refractivity contribution in [3.05, 3.63) is 60.2 Å². The second kappa shape index (κ2) is 6.25. The van der Waals surface area contributed by atoms with Crippen molar-refractivity contribution in [3.8, 4) is 5.69 Å². The molecule has 0 aliphatic rings. The van der Waals surface area contributed by atoms with E-state index in [-0.39, 0.29) is 12.2 Å². The van der Waals surface area contributed by atoms with Gasteiger partial charge in [-0.3, -0.25) is 9.48 Å². The minimum atomic E-state index is -1.22. The molecule has 1 amide bonds. The van der Waals surface area contributed by atoms with Crippen molar-refractivity contribution in [3.63, 3.8) is 0 Å². The topological polar surface area (TPSA) is 97.9 Å². The summed E-state index contributed by atoms with van der Waals surface area (Å²) in [4.78, 5) is 13.6. The number of carbonyl (C=O) groups is 1. The van der Waals surface area contributed by atoms with Crippen LogP contribution in [0.4, 0.5) is 0 Å². The molecule has 2 N–H and O–H groups in total. The first-order valence-electron chi connectivity index (χ1n) is 7.43. The number of nitrogens with zero attached hydrogens (tertiary/aromatic N) is 5. The van der Waals surface area contributed by atoms with E-state index >= 15 is 0 Å². The first-order valence-corrected chi connectivity index (χ1v) is 7.43. The maximum Gasteiger partial charge on any atom is 0.273 e. The van der Waals surface area contributed by atoms with Gasteiger partial charge in [-0.15, -0.1) is 5.10 Å². The van der Waals surface area contributed by atoms with Crippen molar-refractivity contribution in [1.82, 2.24) is 30.1 Å². The Morgan fingerprint density at radius 2 is 2.00 bits per heavy atom. The Bertz CT molecular complexity index is 837. The molecule has 8 nitrogen and oxygen atoms in total. The number of nitrogens with one attached hydrogen (secondary N) is 1. The number of carbonyl (C=O) groups excluding carboxylic acids is 1. The van der Waals surface area contributed by atoms with Gasteiger partial charge in [0.25, 0.3) is 5.91 Å². The van der Waals surface area contributed by atoms with Gasteiger partial charge < -0.3 is 10.4 Å². The summed E-state index contributed by atoms with van der Waals surface area (Å²) in [6.07, 6.45) is 4.66. The molecule has 3 aromatic rings. The van der Waals surface area contributed by atoms with Gasteiger partial charge in [0.1, 0.15) is 5.60 Å². The lowest BCUT2D eigenvalue weighted by molar-refractivity contribution is 0.0524. The van der Waals surface area contributed by atoms with Gasteiger partial charge in [0.05, 0.1) is 24.6 Å². The average Bonchev–Trinajstić information content (AvgIpc) is 3.23. The van der Waals surface area contributed by atoms with Gasteiger partial charge in [-0.05, 0) is 19.1 Å². The van der Waals surface area contributed by atoms with Gasteiger partial charge in [-0.1, -0.05) is 18.2 Å². The molecule has 124 valence electrons. The molecule has 0 radical (unpaired) electrons. The van der Waals surface area contributed by atoms with E-state index in [4.69, 9.17) is 0 Å². The molecule has 8 heteroatoms. The van der Waals surface area contributed by atoms with Crippen LogP contribution in [0.25, 0.3) is 5.69 Å². The first-order chi connectivity index (χ1) is 11.5. The quantitative estimate of drug-likeness (QED) is 0.717. The van der Waals surface area contributed by atoms with E-state index in [0.29, 0.717) is 5.56 Å². The summed E-state index contributed by atoms with van der Waals surface area (Å²) in [6, 6.07) is 9.30. The lowest BCUT2D eigenvalue weighted by Gasteiger charge is -2.21. The number of aryl methyl sites for hydroxylation is 1. The van der Waals surface area contributed by atoms with E-state index in [1.165, 1.54) is 11.0 Å². The lowest BCUT2D eigenvalue weighted by Crippen LogP contribution is -2.38. The molecule has 0 bridgehead atoms. The third-order valence-corrected chi connectivity index (χ3v) is 3.63. The van der Waals surface area contributed by atoms with Gasteiger partial charge in [0.15, 0.2) is 5.69 Å². The van der Waals surface area contributed by atoms with Crippen LogP contribution in [0.2, 0.25) is 0 Å². The Morgan fingerprint density at radius 1 is 1.25 bits per heavy atom. The molecule has 2 aromatic heterocycles. The number of aromatic nitrogens is 5. The van der Waals surface area contributed by atoms with Gasteiger partial charge in [0, 0.05) is 18.8 Å². The number of aliphatic hydroxyl groups is 1. The van der Waals surface area contributed by atoms with Crippen molar-refractivity contribution in [2.24, 2.45) is 7.05 Å². The molecule has 0 spiro atoms. The minimum Gasteiger partial charge on any atom is -0.383 e. The number of hydrogen-bond acceptors (Lipinski definition) is 5. The highest BCUT2D eigenvalue weighted by Gasteiger charge is 2.26. The number of rotatable bonds is 5. The lowest BCUT2D eigenvalue weighted by atomic mass is 10.00. The van der Waals surface area contributed by atoms with Crippen molar-refractivity contribution in [2.45, 2.75) is 12.5 Å². The zero-order valence-corrected chi connectivity index (χ0v) is 13.4. The van der Waals surface area contributed by atoms with Gasteiger partial charge in [0.2, 0.25) is 0 Å². The first kappa shape index (κ1) is 15.9. The number of amides is 1. The van der Waals surface area contributed by atoms with Crippen LogP contribution < -0.4 is 5.32 Å². The van der Waals surface area contributed by atoms with Crippen LogP contribution in [0.3, 0.4) is 0 Å². The highest BCUT2D eigenvalue weighted by Crippen LogP contribution is 2.18. The SMILES string of the molecule is Cn1cc(C(C)(O)CNC(=O)c2cnn(-c3ccccc3)n2)cn1. The van der Waals surface area contributed by atoms with Crippen molar-refractivity contribution in [1.29, 1.82) is 0 Å². The van der Waals surface area contributed by atoms with Crippen molar-refractivity contribution >= 4 is 5.91 Å². The number of benzene rings is 1. The van der Waals surface area contributed by atoms with Crippen LogP contribution >= 0.6 is 0 Å². The summed E-state index contributed by atoms with van der Waals surface area (Å²) in [7, 11) is 1.76. The van der Waals surface area contributed by atoms with E-state index in [1.807, 2.05) is 30.3 Å². The molecule has 2 heterocycles. The van der Waals surface area contributed by atoms with E-state index < -0.39 is 11.5 Å². The maximum absolute atomic E-state index is 12.2. The fourth-order valence-corrected chi connectivity index (χ4v) is 2.20. The molecule has 1 atom stereocenters. The molecular weight excluding hydrogens is 308 g/mol. The molecule has 3 rings (SSSR count). The summed E-state index contributed by atoms with van der Waals surface area (Å²) in [5.41, 5.74) is 0.345. The predicted molar refractivity (Wildman–Crippen MR) is 86.5 cm³/mol. The molecule has 1 aromatic carbocycles. The Morgan fingerprint density at radius 3 is 2.67 bits per heavy atom.